The van der Waals surface area contributed by atoms with Crippen LogP contribution >= 0.6 is 27.7 Å². The molecule has 90 valence electrons. The fourth-order valence-corrected chi connectivity index (χ4v) is 1.88. The van der Waals surface area contributed by atoms with Gasteiger partial charge in [0.25, 0.3) is 5.56 Å². The zero-order valence-electron chi connectivity index (χ0n) is 8.94. The van der Waals surface area contributed by atoms with Gasteiger partial charge in [0.05, 0.1) is 25.0 Å². The molecule has 0 bridgehead atoms. The number of nitrogens with zero attached hydrogens (tertiary/aromatic N) is 2. The zero-order valence-corrected chi connectivity index (χ0v) is 11.3. The lowest BCUT2D eigenvalue weighted by atomic mass is 10.4. The average molecular weight is 308 g/mol. The van der Waals surface area contributed by atoms with Crippen LogP contribution in [0.4, 0.5) is 5.69 Å². The summed E-state index contributed by atoms with van der Waals surface area (Å²) in [4.78, 5) is 11.7. The minimum absolute atomic E-state index is 0.0986. The summed E-state index contributed by atoms with van der Waals surface area (Å²) in [6, 6.07) is 0. The number of anilines is 1. The third-order valence-corrected chi connectivity index (χ3v) is 3.30. The van der Waals surface area contributed by atoms with Crippen molar-refractivity contribution in [2.24, 2.45) is 0 Å². The minimum Gasteiger partial charge on any atom is -0.394 e. The van der Waals surface area contributed by atoms with Gasteiger partial charge in [-0.05, 0) is 22.2 Å². The standard InChI is InChI=1S/C9H14BrN3O2S/c1-16-5-2-11-7-6-12-13(3-4-14)9(15)8(7)10/h6,11,14H,2-5H2,1H3. The van der Waals surface area contributed by atoms with Gasteiger partial charge in [-0.15, -0.1) is 0 Å². The van der Waals surface area contributed by atoms with E-state index in [1.807, 2.05) is 6.26 Å². The van der Waals surface area contributed by atoms with E-state index in [0.717, 1.165) is 12.3 Å². The van der Waals surface area contributed by atoms with Gasteiger partial charge in [0.1, 0.15) is 4.47 Å². The number of thioether (sulfide) groups is 1. The highest BCUT2D eigenvalue weighted by Gasteiger charge is 2.07. The second-order valence-corrected chi connectivity index (χ2v) is 4.82. The average Bonchev–Trinajstić information content (AvgIpc) is 2.28. The van der Waals surface area contributed by atoms with Gasteiger partial charge in [0.15, 0.2) is 0 Å². The summed E-state index contributed by atoms with van der Waals surface area (Å²) in [6.07, 6.45) is 3.61. The van der Waals surface area contributed by atoms with Gasteiger partial charge in [-0.25, -0.2) is 4.68 Å². The van der Waals surface area contributed by atoms with Crippen LogP contribution in [0.2, 0.25) is 0 Å². The molecule has 1 heterocycles. The van der Waals surface area contributed by atoms with Crippen molar-refractivity contribution in [1.82, 2.24) is 9.78 Å². The third-order valence-electron chi connectivity index (χ3n) is 1.92. The molecule has 0 amide bonds. The minimum atomic E-state index is -0.233. The van der Waals surface area contributed by atoms with Crippen LogP contribution in [-0.2, 0) is 6.54 Å². The Balaban J connectivity index is 2.81. The molecule has 1 aromatic heterocycles. The SMILES string of the molecule is CSCCNc1cnn(CCO)c(=O)c1Br. The van der Waals surface area contributed by atoms with Crippen LogP contribution < -0.4 is 10.9 Å². The van der Waals surface area contributed by atoms with Crippen molar-refractivity contribution in [2.45, 2.75) is 6.54 Å². The molecule has 0 saturated carbocycles. The van der Waals surface area contributed by atoms with Gasteiger partial charge in [-0.1, -0.05) is 0 Å². The quantitative estimate of drug-likeness (QED) is 0.760. The molecule has 0 aliphatic heterocycles. The summed E-state index contributed by atoms with van der Waals surface area (Å²) in [5.41, 5.74) is 0.455. The van der Waals surface area contributed by atoms with Crippen LogP contribution in [-0.4, -0.2) is 40.0 Å². The van der Waals surface area contributed by atoms with Gasteiger partial charge in [-0.3, -0.25) is 4.79 Å². The van der Waals surface area contributed by atoms with Crippen molar-refractivity contribution >= 4 is 33.4 Å². The Bertz CT molecular complexity index is 397. The van der Waals surface area contributed by atoms with Crippen molar-refractivity contribution in [3.05, 3.63) is 21.0 Å². The molecule has 0 aliphatic rings. The second kappa shape index (κ2) is 6.93. The molecule has 5 nitrogen and oxygen atoms in total. The van der Waals surface area contributed by atoms with Gasteiger partial charge < -0.3 is 10.4 Å². The number of hydrogen-bond acceptors (Lipinski definition) is 5. The number of aliphatic hydroxyl groups excluding tert-OH is 1. The Morgan fingerprint density at radius 3 is 3.06 bits per heavy atom. The number of halogens is 1. The third kappa shape index (κ3) is 3.50. The number of rotatable bonds is 6. The van der Waals surface area contributed by atoms with E-state index in [4.69, 9.17) is 5.11 Å². The van der Waals surface area contributed by atoms with Crippen molar-refractivity contribution in [3.8, 4) is 0 Å². The molecule has 0 unspecified atom stereocenters. The summed E-state index contributed by atoms with van der Waals surface area (Å²) >= 11 is 4.96. The number of hydrogen-bond donors (Lipinski definition) is 2. The predicted octanol–water partition coefficient (Wildman–Crippen LogP) is 0.773. The Kier molecular flexibility index (Phi) is 5.86. The molecule has 0 saturated heterocycles. The Hall–Kier alpha value is -0.530. The first kappa shape index (κ1) is 13.5. The molecule has 1 rings (SSSR count). The number of aromatic nitrogens is 2. The Morgan fingerprint density at radius 2 is 2.44 bits per heavy atom. The Morgan fingerprint density at radius 1 is 1.69 bits per heavy atom. The molecule has 2 N–H and O–H groups in total. The monoisotopic (exact) mass is 307 g/mol. The van der Waals surface area contributed by atoms with E-state index in [9.17, 15) is 4.79 Å². The molecular weight excluding hydrogens is 294 g/mol. The van der Waals surface area contributed by atoms with Crippen molar-refractivity contribution in [2.75, 3.05) is 30.5 Å². The Labute approximate surface area is 106 Å². The van der Waals surface area contributed by atoms with E-state index in [0.29, 0.717) is 10.2 Å². The van der Waals surface area contributed by atoms with Crippen molar-refractivity contribution in [3.63, 3.8) is 0 Å². The predicted molar refractivity (Wildman–Crippen MR) is 70.2 cm³/mol. The molecule has 16 heavy (non-hydrogen) atoms. The van der Waals surface area contributed by atoms with Gasteiger partial charge in [-0.2, -0.15) is 16.9 Å². The fourth-order valence-electron chi connectivity index (χ4n) is 1.13. The van der Waals surface area contributed by atoms with E-state index in [2.05, 4.69) is 26.3 Å². The van der Waals surface area contributed by atoms with Gasteiger partial charge >= 0.3 is 0 Å². The van der Waals surface area contributed by atoms with E-state index in [1.54, 1.807) is 18.0 Å². The maximum atomic E-state index is 11.7. The molecule has 7 heteroatoms. The lowest BCUT2D eigenvalue weighted by molar-refractivity contribution is 0.266. The van der Waals surface area contributed by atoms with Crippen LogP contribution in [0.1, 0.15) is 0 Å². The summed E-state index contributed by atoms with van der Waals surface area (Å²) in [7, 11) is 0. The zero-order chi connectivity index (χ0) is 12.0. The first-order chi connectivity index (χ1) is 7.70. The van der Waals surface area contributed by atoms with Crippen molar-refractivity contribution in [1.29, 1.82) is 0 Å². The lowest BCUT2D eigenvalue weighted by Crippen LogP contribution is -2.26. The van der Waals surface area contributed by atoms with E-state index in [1.165, 1.54) is 4.68 Å². The van der Waals surface area contributed by atoms with E-state index < -0.39 is 0 Å². The number of aliphatic hydroxyl groups is 1. The molecule has 0 radical (unpaired) electrons. The number of nitrogens with one attached hydrogen (secondary N) is 1. The van der Waals surface area contributed by atoms with Crippen LogP contribution in [0, 0.1) is 0 Å². The second-order valence-electron chi connectivity index (χ2n) is 3.04. The fraction of sp³-hybridized carbons (Fsp3) is 0.556. The molecule has 0 aromatic carbocycles. The highest BCUT2D eigenvalue weighted by atomic mass is 79.9. The summed E-state index contributed by atoms with van der Waals surface area (Å²) < 4.78 is 1.68. The van der Waals surface area contributed by atoms with Gasteiger partial charge in [0, 0.05) is 12.3 Å². The highest BCUT2D eigenvalue weighted by molar-refractivity contribution is 9.10. The smallest absolute Gasteiger partial charge is 0.283 e. The molecule has 1 aromatic rings. The first-order valence-corrected chi connectivity index (χ1v) is 6.98. The van der Waals surface area contributed by atoms with E-state index >= 15 is 0 Å². The van der Waals surface area contributed by atoms with Crippen LogP contribution in [0.15, 0.2) is 15.5 Å². The van der Waals surface area contributed by atoms with E-state index in [-0.39, 0.29) is 18.7 Å². The summed E-state index contributed by atoms with van der Waals surface area (Å²) in [6.45, 7) is 0.895. The maximum Gasteiger partial charge on any atom is 0.283 e. The topological polar surface area (TPSA) is 67.2 Å². The normalized spacial score (nSPS) is 10.4. The first-order valence-electron chi connectivity index (χ1n) is 4.80. The molecule has 0 aliphatic carbocycles. The molecule has 0 atom stereocenters. The van der Waals surface area contributed by atoms with Crippen LogP contribution in [0.3, 0.4) is 0 Å². The van der Waals surface area contributed by atoms with Gasteiger partial charge in [0.2, 0.25) is 0 Å². The molecular formula is C9H14BrN3O2S. The maximum absolute atomic E-state index is 11.7. The van der Waals surface area contributed by atoms with Crippen LogP contribution in [0.5, 0.6) is 0 Å². The lowest BCUT2D eigenvalue weighted by Gasteiger charge is -2.09. The van der Waals surface area contributed by atoms with Crippen molar-refractivity contribution < 1.29 is 5.11 Å². The summed E-state index contributed by atoms with van der Waals surface area (Å²) in [5, 5.41) is 15.8. The summed E-state index contributed by atoms with van der Waals surface area (Å²) in [5.74, 6) is 0.964. The highest BCUT2D eigenvalue weighted by Crippen LogP contribution is 2.15. The van der Waals surface area contributed by atoms with Crippen LogP contribution in [0.25, 0.3) is 0 Å². The largest absolute Gasteiger partial charge is 0.394 e. The molecule has 0 spiro atoms. The molecule has 0 fully saturated rings.